The summed E-state index contributed by atoms with van der Waals surface area (Å²) in [5, 5.41) is 3.85. The molecule has 2 aliphatic heterocycles. The smallest absolute Gasteiger partial charge is 0.248 e. The van der Waals surface area contributed by atoms with Crippen LogP contribution in [0.1, 0.15) is 41.0 Å². The van der Waals surface area contributed by atoms with Gasteiger partial charge in [-0.05, 0) is 55.5 Å². The first kappa shape index (κ1) is 24.4. The Balaban J connectivity index is 1.27. The third-order valence-corrected chi connectivity index (χ3v) is 9.05. The zero-order valence-electron chi connectivity index (χ0n) is 20.1. The molecule has 1 fully saturated rings. The highest BCUT2D eigenvalue weighted by Crippen LogP contribution is 2.31. The van der Waals surface area contributed by atoms with Gasteiger partial charge in [0.2, 0.25) is 15.9 Å². The Morgan fingerprint density at radius 2 is 1.72 bits per heavy atom. The van der Waals surface area contributed by atoms with Gasteiger partial charge >= 0.3 is 0 Å². The van der Waals surface area contributed by atoms with Crippen LogP contribution in [0, 0.1) is 18.7 Å². The second kappa shape index (κ2) is 9.99. The molecule has 0 atom stereocenters. The number of benzene rings is 2. The zero-order chi connectivity index (χ0) is 25.3. The number of amides is 1. The van der Waals surface area contributed by atoms with Crippen LogP contribution in [0.5, 0.6) is 0 Å². The lowest BCUT2D eigenvalue weighted by molar-refractivity contribution is -0.137. The highest BCUT2D eigenvalue weighted by atomic mass is 32.2. The van der Waals surface area contributed by atoms with Crippen molar-refractivity contribution < 1.29 is 22.1 Å². The van der Waals surface area contributed by atoms with Crippen LogP contribution in [0.3, 0.4) is 0 Å². The van der Waals surface area contributed by atoms with Gasteiger partial charge in [-0.1, -0.05) is 47.6 Å². The number of aryl methyl sites for hydroxylation is 1. The normalized spacial score (nSPS) is 17.4. The van der Waals surface area contributed by atoms with Crippen LogP contribution in [0.25, 0.3) is 12.2 Å². The summed E-state index contributed by atoms with van der Waals surface area (Å²) in [5.41, 5.74) is 3.02. The van der Waals surface area contributed by atoms with E-state index in [-0.39, 0.29) is 41.3 Å². The number of sulfonamides is 1. The Labute approximate surface area is 210 Å². The summed E-state index contributed by atoms with van der Waals surface area (Å²) in [5.74, 6) is -0.471. The topological polar surface area (TPSA) is 83.7 Å². The number of carbonyl (C=O) groups is 1. The first-order valence-corrected chi connectivity index (χ1v) is 13.5. The average molecular weight is 510 g/mol. The van der Waals surface area contributed by atoms with Crippen LogP contribution in [0.15, 0.2) is 57.9 Å². The molecule has 9 heteroatoms. The lowest BCUT2D eigenvalue weighted by Crippen LogP contribution is -2.45. The van der Waals surface area contributed by atoms with Gasteiger partial charge in [-0.15, -0.1) is 0 Å². The van der Waals surface area contributed by atoms with Crippen molar-refractivity contribution in [3.05, 3.63) is 82.5 Å². The molecule has 0 spiro atoms. The first-order valence-electron chi connectivity index (χ1n) is 12.1. The number of hydrogen-bond acceptors (Lipinski definition) is 5. The van der Waals surface area contributed by atoms with E-state index in [1.807, 2.05) is 17.0 Å². The molecule has 1 saturated heterocycles. The van der Waals surface area contributed by atoms with E-state index in [0.29, 0.717) is 31.5 Å². The summed E-state index contributed by atoms with van der Waals surface area (Å²) in [4.78, 5) is 15.1. The van der Waals surface area contributed by atoms with Gasteiger partial charge in [0.1, 0.15) is 11.5 Å². The molecular weight excluding hydrogens is 481 g/mol. The average Bonchev–Trinajstić information content (AvgIpc) is 3.28. The van der Waals surface area contributed by atoms with Crippen molar-refractivity contribution in [1.29, 1.82) is 0 Å². The molecule has 3 heterocycles. The largest absolute Gasteiger partial charge is 0.355 e. The SMILES string of the molecule is Cc1noc(C=Cc2ccccc2F)c1S(=O)(=O)N1CCC(C(=O)N2CCc3ccccc3C2)CC1. The summed E-state index contributed by atoms with van der Waals surface area (Å²) in [6.45, 7) is 3.34. The number of aromatic nitrogens is 1. The number of hydrogen-bond donors (Lipinski definition) is 0. The van der Waals surface area contributed by atoms with Gasteiger partial charge < -0.3 is 9.42 Å². The fraction of sp³-hybridized carbons (Fsp3) is 0.333. The number of nitrogens with zero attached hydrogens (tertiary/aromatic N) is 3. The lowest BCUT2D eigenvalue weighted by atomic mass is 9.94. The maximum atomic E-state index is 14.0. The number of rotatable bonds is 5. The van der Waals surface area contributed by atoms with Crippen molar-refractivity contribution in [2.24, 2.45) is 5.92 Å². The first-order chi connectivity index (χ1) is 17.3. The Morgan fingerprint density at radius 1 is 1.03 bits per heavy atom. The molecule has 7 nitrogen and oxygen atoms in total. The van der Waals surface area contributed by atoms with E-state index >= 15 is 0 Å². The van der Waals surface area contributed by atoms with Crippen molar-refractivity contribution in [3.63, 3.8) is 0 Å². The number of piperidine rings is 1. The fourth-order valence-corrected chi connectivity index (χ4v) is 6.71. The summed E-state index contributed by atoms with van der Waals surface area (Å²) in [6.07, 6.45) is 4.65. The molecule has 0 bridgehead atoms. The van der Waals surface area contributed by atoms with Crippen molar-refractivity contribution in [3.8, 4) is 0 Å². The van der Waals surface area contributed by atoms with E-state index < -0.39 is 15.8 Å². The highest BCUT2D eigenvalue weighted by molar-refractivity contribution is 7.89. The molecule has 2 aromatic carbocycles. The summed E-state index contributed by atoms with van der Waals surface area (Å²) >= 11 is 0. The molecule has 188 valence electrons. The highest BCUT2D eigenvalue weighted by Gasteiger charge is 2.37. The van der Waals surface area contributed by atoms with Crippen LogP contribution in [0.4, 0.5) is 4.39 Å². The maximum Gasteiger partial charge on any atom is 0.248 e. The van der Waals surface area contributed by atoms with E-state index in [1.54, 1.807) is 25.1 Å². The van der Waals surface area contributed by atoms with E-state index in [1.165, 1.54) is 33.7 Å². The monoisotopic (exact) mass is 509 g/mol. The molecule has 3 aromatic rings. The molecule has 0 saturated carbocycles. The molecule has 2 aliphatic rings. The Hall–Kier alpha value is -3.30. The molecule has 0 radical (unpaired) electrons. The minimum Gasteiger partial charge on any atom is -0.355 e. The predicted octanol–water partition coefficient (Wildman–Crippen LogP) is 4.28. The number of fused-ring (bicyclic) bond motifs is 1. The molecule has 1 aromatic heterocycles. The van der Waals surface area contributed by atoms with Crippen molar-refractivity contribution in [1.82, 2.24) is 14.4 Å². The Bertz CT molecular complexity index is 1410. The van der Waals surface area contributed by atoms with Gasteiger partial charge in [0, 0.05) is 37.7 Å². The molecule has 0 unspecified atom stereocenters. The third kappa shape index (κ3) is 4.73. The predicted molar refractivity (Wildman–Crippen MR) is 134 cm³/mol. The minimum atomic E-state index is -3.90. The van der Waals surface area contributed by atoms with Gasteiger partial charge in [0.15, 0.2) is 10.7 Å². The number of carbonyl (C=O) groups excluding carboxylic acids is 1. The van der Waals surface area contributed by atoms with Crippen LogP contribution in [-0.2, 0) is 27.8 Å². The van der Waals surface area contributed by atoms with Gasteiger partial charge in [-0.25, -0.2) is 12.8 Å². The second-order valence-electron chi connectivity index (χ2n) is 9.27. The minimum absolute atomic E-state index is 0.0208. The van der Waals surface area contributed by atoms with Crippen LogP contribution >= 0.6 is 0 Å². The fourth-order valence-electron chi connectivity index (χ4n) is 4.99. The van der Waals surface area contributed by atoms with Gasteiger partial charge in [0.05, 0.1) is 0 Å². The summed E-state index contributed by atoms with van der Waals surface area (Å²) in [7, 11) is -3.90. The van der Waals surface area contributed by atoms with Crippen molar-refractivity contribution in [2.45, 2.75) is 37.6 Å². The standard InChI is InChI=1S/C27H28FN3O4S/c1-19-26(25(35-29-19)11-10-21-7-4-5-9-24(21)28)36(33,34)31-16-13-22(14-17-31)27(32)30-15-12-20-6-2-3-8-23(20)18-30/h2-11,22H,12-18H2,1H3. The van der Waals surface area contributed by atoms with Crippen LogP contribution in [0.2, 0.25) is 0 Å². The van der Waals surface area contributed by atoms with Crippen LogP contribution in [-0.4, -0.2) is 48.3 Å². The molecule has 0 aliphatic carbocycles. The van der Waals surface area contributed by atoms with Gasteiger partial charge in [0.25, 0.3) is 0 Å². The van der Waals surface area contributed by atoms with Gasteiger partial charge in [-0.3, -0.25) is 4.79 Å². The molecule has 1 amide bonds. The molecule has 36 heavy (non-hydrogen) atoms. The summed E-state index contributed by atoms with van der Waals surface area (Å²) < 4.78 is 47.7. The lowest BCUT2D eigenvalue weighted by Gasteiger charge is -2.35. The molecule has 0 N–H and O–H groups in total. The van der Waals surface area contributed by atoms with E-state index in [0.717, 1.165) is 6.42 Å². The Morgan fingerprint density at radius 3 is 2.47 bits per heavy atom. The van der Waals surface area contributed by atoms with Crippen molar-refractivity contribution in [2.75, 3.05) is 19.6 Å². The van der Waals surface area contributed by atoms with E-state index in [9.17, 15) is 17.6 Å². The second-order valence-corrected chi connectivity index (χ2v) is 11.1. The van der Waals surface area contributed by atoms with Crippen LogP contribution < -0.4 is 0 Å². The number of halogens is 1. The van der Waals surface area contributed by atoms with Crippen molar-refractivity contribution >= 4 is 28.1 Å². The third-order valence-electron chi connectivity index (χ3n) is 7.00. The maximum absolute atomic E-state index is 14.0. The quantitative estimate of drug-likeness (QED) is 0.513. The van der Waals surface area contributed by atoms with E-state index in [4.69, 9.17) is 4.52 Å². The zero-order valence-corrected chi connectivity index (χ0v) is 20.9. The van der Waals surface area contributed by atoms with Gasteiger partial charge in [-0.2, -0.15) is 4.31 Å². The molecule has 5 rings (SSSR count). The van der Waals surface area contributed by atoms with E-state index in [2.05, 4.69) is 17.3 Å². The summed E-state index contributed by atoms with van der Waals surface area (Å²) in [6, 6.07) is 14.4. The molecular formula is C27H28FN3O4S. The Kier molecular flexibility index (Phi) is 6.77.